The number of thiophene rings is 1. The Labute approximate surface area is 149 Å². The number of hydrogen-bond donors (Lipinski definition) is 0. The molecule has 0 spiro atoms. The first-order chi connectivity index (χ1) is 11.4. The van der Waals surface area contributed by atoms with Crippen LogP contribution >= 0.6 is 11.3 Å². The average molecular weight is 335 g/mol. The van der Waals surface area contributed by atoms with Crippen LogP contribution in [0.15, 0.2) is 17.5 Å². The van der Waals surface area contributed by atoms with E-state index in [4.69, 9.17) is 0 Å². The van der Waals surface area contributed by atoms with Crippen LogP contribution in [0.4, 0.5) is 0 Å². The summed E-state index contributed by atoms with van der Waals surface area (Å²) in [5.41, 5.74) is 0. The van der Waals surface area contributed by atoms with Crippen molar-refractivity contribution >= 4 is 11.3 Å². The molecule has 1 aromatic heterocycles. The van der Waals surface area contributed by atoms with Crippen LogP contribution in [0.2, 0.25) is 0 Å². The summed E-state index contributed by atoms with van der Waals surface area (Å²) >= 11 is 1.97. The number of unbranched alkanes of at least 4 members (excludes halogenated alkanes) is 9. The summed E-state index contributed by atoms with van der Waals surface area (Å²) in [5, 5.41) is 2.24. The van der Waals surface area contributed by atoms with Crippen LogP contribution in [0.5, 0.6) is 0 Å². The molecule has 0 N–H and O–H groups in total. The van der Waals surface area contributed by atoms with Gasteiger partial charge in [-0.05, 0) is 49.0 Å². The van der Waals surface area contributed by atoms with Crippen molar-refractivity contribution < 1.29 is 0 Å². The quantitative estimate of drug-likeness (QED) is 0.337. The molecule has 0 nitrogen and oxygen atoms in total. The highest BCUT2D eigenvalue weighted by Crippen LogP contribution is 2.39. The first-order valence-electron chi connectivity index (χ1n) is 10.4. The van der Waals surface area contributed by atoms with Gasteiger partial charge in [0.05, 0.1) is 0 Å². The van der Waals surface area contributed by atoms with Gasteiger partial charge in [0.1, 0.15) is 0 Å². The van der Waals surface area contributed by atoms with Crippen molar-refractivity contribution in [1.29, 1.82) is 0 Å². The second-order valence-corrected chi connectivity index (χ2v) is 8.68. The maximum absolute atomic E-state index is 2.35. The van der Waals surface area contributed by atoms with Crippen molar-refractivity contribution in [3.05, 3.63) is 22.4 Å². The van der Waals surface area contributed by atoms with Gasteiger partial charge in [0.25, 0.3) is 0 Å². The summed E-state index contributed by atoms with van der Waals surface area (Å²) in [5.74, 6) is 1.93. The minimum Gasteiger partial charge on any atom is -0.149 e. The molecule has 1 aliphatic carbocycles. The highest BCUT2D eigenvalue weighted by Gasteiger charge is 2.22. The highest BCUT2D eigenvalue weighted by molar-refractivity contribution is 7.10. The molecule has 0 aromatic carbocycles. The van der Waals surface area contributed by atoms with E-state index in [1.165, 1.54) is 96.3 Å². The van der Waals surface area contributed by atoms with E-state index in [2.05, 4.69) is 24.4 Å². The predicted molar refractivity (Wildman–Crippen MR) is 105 cm³/mol. The first-order valence-corrected chi connectivity index (χ1v) is 11.3. The summed E-state index contributed by atoms with van der Waals surface area (Å²) in [4.78, 5) is 1.64. The third kappa shape index (κ3) is 7.88. The lowest BCUT2D eigenvalue weighted by Gasteiger charge is -2.28. The normalized spacial score (nSPS) is 21.6. The monoisotopic (exact) mass is 334 g/mol. The predicted octanol–water partition coefficient (Wildman–Crippen LogP) is 8.33. The average Bonchev–Trinajstić information content (AvgIpc) is 3.12. The fourth-order valence-electron chi connectivity index (χ4n) is 4.18. The van der Waals surface area contributed by atoms with Crippen molar-refractivity contribution in [3.8, 4) is 0 Å². The summed E-state index contributed by atoms with van der Waals surface area (Å²) in [7, 11) is 0. The van der Waals surface area contributed by atoms with Gasteiger partial charge >= 0.3 is 0 Å². The van der Waals surface area contributed by atoms with Crippen LogP contribution in [-0.2, 0) is 0 Å². The van der Waals surface area contributed by atoms with E-state index in [1.807, 2.05) is 11.3 Å². The lowest BCUT2D eigenvalue weighted by Crippen LogP contribution is -2.12. The summed E-state index contributed by atoms with van der Waals surface area (Å²) < 4.78 is 0. The van der Waals surface area contributed by atoms with E-state index < -0.39 is 0 Å². The molecule has 23 heavy (non-hydrogen) atoms. The maximum Gasteiger partial charge on any atom is 0.00761 e. The summed E-state index contributed by atoms with van der Waals surface area (Å²) in [6.45, 7) is 2.30. The molecule has 2 rings (SSSR count). The standard InChI is InChI=1S/C22H38S/c1-2-3-4-5-6-7-8-9-10-11-13-20-15-17-21(18-16-20)22-14-12-19-23-22/h12,14,19-21H,2-11,13,15-18H2,1H3. The van der Waals surface area contributed by atoms with E-state index in [0.717, 1.165) is 11.8 Å². The Hall–Kier alpha value is -0.300. The Morgan fingerprint density at radius 3 is 2.00 bits per heavy atom. The largest absolute Gasteiger partial charge is 0.149 e. The molecule has 0 bridgehead atoms. The molecule has 0 aliphatic heterocycles. The third-order valence-electron chi connectivity index (χ3n) is 5.76. The van der Waals surface area contributed by atoms with Crippen LogP contribution in [0.1, 0.15) is 114 Å². The van der Waals surface area contributed by atoms with Crippen molar-refractivity contribution in [3.63, 3.8) is 0 Å². The van der Waals surface area contributed by atoms with Crippen molar-refractivity contribution in [2.24, 2.45) is 5.92 Å². The van der Waals surface area contributed by atoms with E-state index in [-0.39, 0.29) is 0 Å². The van der Waals surface area contributed by atoms with E-state index >= 15 is 0 Å². The van der Waals surface area contributed by atoms with Gasteiger partial charge in [-0.15, -0.1) is 11.3 Å². The maximum atomic E-state index is 2.35. The van der Waals surface area contributed by atoms with Gasteiger partial charge in [0.2, 0.25) is 0 Å². The Morgan fingerprint density at radius 1 is 0.826 bits per heavy atom. The fraction of sp³-hybridized carbons (Fsp3) is 0.818. The minimum absolute atomic E-state index is 0.888. The molecule has 1 fully saturated rings. The molecule has 1 aliphatic rings. The van der Waals surface area contributed by atoms with Crippen LogP contribution in [-0.4, -0.2) is 0 Å². The fourth-order valence-corrected chi connectivity index (χ4v) is 5.08. The number of hydrogen-bond acceptors (Lipinski definition) is 1. The number of rotatable bonds is 12. The van der Waals surface area contributed by atoms with Crippen LogP contribution in [0.25, 0.3) is 0 Å². The molecule has 1 saturated carbocycles. The molecule has 132 valence electrons. The Kier molecular flexibility index (Phi) is 10.0. The third-order valence-corrected chi connectivity index (χ3v) is 6.79. The summed E-state index contributed by atoms with van der Waals surface area (Å²) in [6.07, 6.45) is 22.0. The van der Waals surface area contributed by atoms with Crippen molar-refractivity contribution in [2.45, 2.75) is 109 Å². The van der Waals surface area contributed by atoms with E-state index in [0.29, 0.717) is 0 Å². The molecule has 1 heteroatoms. The molecular formula is C22H38S. The minimum atomic E-state index is 0.888. The lowest BCUT2D eigenvalue weighted by molar-refractivity contribution is 0.303. The van der Waals surface area contributed by atoms with Crippen LogP contribution in [0, 0.1) is 5.92 Å². The second-order valence-electron chi connectivity index (χ2n) is 7.70. The van der Waals surface area contributed by atoms with Gasteiger partial charge in [-0.1, -0.05) is 83.6 Å². The van der Waals surface area contributed by atoms with Gasteiger partial charge in [-0.2, -0.15) is 0 Å². The van der Waals surface area contributed by atoms with Crippen LogP contribution < -0.4 is 0 Å². The molecule has 0 radical (unpaired) electrons. The first kappa shape index (κ1) is 19.0. The molecule has 1 heterocycles. The molecule has 0 saturated heterocycles. The van der Waals surface area contributed by atoms with Gasteiger partial charge in [0.15, 0.2) is 0 Å². The second kappa shape index (κ2) is 12.1. The van der Waals surface area contributed by atoms with Crippen LogP contribution in [0.3, 0.4) is 0 Å². The van der Waals surface area contributed by atoms with Gasteiger partial charge in [-0.3, -0.25) is 0 Å². The van der Waals surface area contributed by atoms with Gasteiger partial charge in [0, 0.05) is 4.88 Å². The zero-order chi connectivity index (χ0) is 16.2. The molecular weight excluding hydrogens is 296 g/mol. The molecule has 1 aromatic rings. The van der Waals surface area contributed by atoms with E-state index in [9.17, 15) is 0 Å². The lowest BCUT2D eigenvalue weighted by atomic mass is 9.79. The zero-order valence-corrected chi connectivity index (χ0v) is 16.2. The smallest absolute Gasteiger partial charge is 0.00761 e. The Bertz CT molecular complexity index is 359. The topological polar surface area (TPSA) is 0 Å². The zero-order valence-electron chi connectivity index (χ0n) is 15.4. The van der Waals surface area contributed by atoms with E-state index in [1.54, 1.807) is 4.88 Å². The molecule has 0 atom stereocenters. The van der Waals surface area contributed by atoms with Gasteiger partial charge in [-0.25, -0.2) is 0 Å². The SMILES string of the molecule is CCCCCCCCCCCCC1CCC(c2cccs2)CC1. The van der Waals surface area contributed by atoms with Crippen molar-refractivity contribution in [2.75, 3.05) is 0 Å². The molecule has 0 amide bonds. The Balaban J connectivity index is 1.39. The highest BCUT2D eigenvalue weighted by atomic mass is 32.1. The van der Waals surface area contributed by atoms with Crippen molar-refractivity contribution in [1.82, 2.24) is 0 Å². The molecule has 0 unspecified atom stereocenters. The van der Waals surface area contributed by atoms with Gasteiger partial charge < -0.3 is 0 Å². The Morgan fingerprint density at radius 2 is 1.43 bits per heavy atom. The summed E-state index contributed by atoms with van der Waals surface area (Å²) in [6, 6.07) is 4.56.